The molecule has 1 N–H and O–H groups in total. The number of halogens is 1. The highest BCUT2D eigenvalue weighted by atomic mass is 32.2. The number of hydrogen-bond donors (Lipinski definition) is 1. The summed E-state index contributed by atoms with van der Waals surface area (Å²) in [6.07, 6.45) is 0.208. The second-order valence-electron chi connectivity index (χ2n) is 8.69. The Labute approximate surface area is 204 Å². The maximum Gasteiger partial charge on any atom is 0.271 e. The van der Waals surface area contributed by atoms with Crippen LogP contribution in [0.5, 0.6) is 0 Å². The number of aliphatic hydroxyl groups excluding tert-OH is 1. The molecule has 2 aromatic carbocycles. The van der Waals surface area contributed by atoms with Crippen LogP contribution in [-0.2, 0) is 16.6 Å². The number of hydrogen-bond acceptors (Lipinski definition) is 5. The Morgan fingerprint density at radius 1 is 1.11 bits per heavy atom. The Kier molecular flexibility index (Phi) is 7.02. The first kappa shape index (κ1) is 25.0. The molecule has 0 spiro atoms. The van der Waals surface area contributed by atoms with Gasteiger partial charge in [0.15, 0.2) is 0 Å². The molecule has 184 valence electrons. The number of aliphatic hydroxyl groups is 1. The molecule has 7 nitrogen and oxygen atoms in total. The van der Waals surface area contributed by atoms with Crippen molar-refractivity contribution in [2.45, 2.75) is 25.9 Å². The van der Waals surface area contributed by atoms with Crippen LogP contribution >= 0.6 is 0 Å². The third-order valence-corrected chi connectivity index (χ3v) is 8.04. The number of pyridine rings is 1. The summed E-state index contributed by atoms with van der Waals surface area (Å²) in [7, 11) is -0.310. The average molecular weight is 498 g/mol. The zero-order valence-electron chi connectivity index (χ0n) is 19.9. The normalized spacial score (nSPS) is 15.7. The zero-order valence-corrected chi connectivity index (χ0v) is 20.7. The predicted octanol–water partition coefficient (Wildman–Crippen LogP) is 3.85. The molecule has 1 amide bonds. The predicted molar refractivity (Wildman–Crippen MR) is 133 cm³/mol. The Hall–Kier alpha value is -3.14. The number of benzene rings is 2. The lowest BCUT2D eigenvalue weighted by atomic mass is 9.94. The van der Waals surface area contributed by atoms with Crippen LogP contribution in [0.15, 0.2) is 54.6 Å². The van der Waals surface area contributed by atoms with E-state index in [9.17, 15) is 22.7 Å². The molecule has 0 bridgehead atoms. The van der Waals surface area contributed by atoms with E-state index >= 15 is 0 Å². The first-order chi connectivity index (χ1) is 16.7. The third kappa shape index (κ3) is 4.84. The van der Waals surface area contributed by atoms with Gasteiger partial charge in [-0.25, -0.2) is 17.8 Å². The summed E-state index contributed by atoms with van der Waals surface area (Å²) in [5, 5.41) is 9.77. The standard InChI is InChI=1S/C26H28FN3O4S/c1-4-35(33,34)30-16-20-15-22(26(32)29(2)3)28-25(24(20)23(30)12-13-31)19-7-5-6-18(14-19)17-8-10-21(27)11-9-17/h5-11,14-15,23,31H,4,12-13,16H2,1-3H3/t23-/m1/s1. The van der Waals surface area contributed by atoms with Crippen LogP contribution in [-0.4, -0.2) is 60.1 Å². The first-order valence-corrected chi connectivity index (χ1v) is 13.0. The van der Waals surface area contributed by atoms with Gasteiger partial charge in [0.05, 0.1) is 17.5 Å². The van der Waals surface area contributed by atoms with E-state index in [1.54, 1.807) is 39.2 Å². The fourth-order valence-corrected chi connectivity index (χ4v) is 5.71. The number of aromatic nitrogens is 1. The van der Waals surface area contributed by atoms with E-state index in [4.69, 9.17) is 4.98 Å². The van der Waals surface area contributed by atoms with Crippen LogP contribution < -0.4 is 0 Å². The molecule has 9 heteroatoms. The molecule has 1 aliphatic heterocycles. The van der Waals surface area contributed by atoms with Crippen molar-refractivity contribution in [3.8, 4) is 22.4 Å². The van der Waals surface area contributed by atoms with Crippen molar-refractivity contribution in [2.75, 3.05) is 26.5 Å². The number of carbonyl (C=O) groups excluding carboxylic acids is 1. The van der Waals surface area contributed by atoms with Gasteiger partial charge in [-0.3, -0.25) is 4.79 Å². The second kappa shape index (κ2) is 9.85. The van der Waals surface area contributed by atoms with E-state index in [2.05, 4.69) is 0 Å². The number of sulfonamides is 1. The molecule has 1 aliphatic rings. The highest BCUT2D eigenvalue weighted by Gasteiger charge is 2.40. The van der Waals surface area contributed by atoms with E-state index in [1.807, 2.05) is 24.3 Å². The van der Waals surface area contributed by atoms with Crippen LogP contribution in [0.2, 0.25) is 0 Å². The van der Waals surface area contributed by atoms with Crippen LogP contribution in [0.25, 0.3) is 22.4 Å². The van der Waals surface area contributed by atoms with Crippen molar-refractivity contribution in [2.24, 2.45) is 0 Å². The number of rotatable bonds is 7. The lowest BCUT2D eigenvalue weighted by Gasteiger charge is -2.24. The number of nitrogens with zero attached hydrogens (tertiary/aromatic N) is 3. The SMILES string of the molecule is CCS(=O)(=O)N1Cc2cc(C(=O)N(C)C)nc(-c3cccc(-c4ccc(F)cc4)c3)c2[C@H]1CCO. The molecule has 3 aromatic rings. The van der Waals surface area contributed by atoms with Crippen molar-refractivity contribution in [3.05, 3.63) is 77.2 Å². The minimum absolute atomic E-state index is 0.0742. The van der Waals surface area contributed by atoms with Gasteiger partial charge in [-0.2, -0.15) is 4.31 Å². The Bertz CT molecular complexity index is 1360. The van der Waals surface area contributed by atoms with Crippen molar-refractivity contribution >= 4 is 15.9 Å². The highest BCUT2D eigenvalue weighted by molar-refractivity contribution is 7.89. The number of fused-ring (bicyclic) bond motifs is 1. The van der Waals surface area contributed by atoms with E-state index in [0.717, 1.165) is 11.1 Å². The Morgan fingerprint density at radius 2 is 1.80 bits per heavy atom. The molecule has 1 aromatic heterocycles. The molecule has 4 rings (SSSR count). The van der Waals surface area contributed by atoms with Gasteiger partial charge < -0.3 is 10.0 Å². The van der Waals surface area contributed by atoms with Crippen molar-refractivity contribution in [1.29, 1.82) is 0 Å². The van der Waals surface area contributed by atoms with Crippen LogP contribution in [0.1, 0.15) is 41.0 Å². The molecular formula is C26H28FN3O4S. The summed E-state index contributed by atoms with van der Waals surface area (Å²) < 4.78 is 40.7. The number of amides is 1. The summed E-state index contributed by atoms with van der Waals surface area (Å²) in [6.45, 7) is 1.49. The molecule has 0 radical (unpaired) electrons. The molecule has 0 unspecified atom stereocenters. The fraction of sp³-hybridized carbons (Fsp3) is 0.308. The Balaban J connectivity index is 1.93. The van der Waals surface area contributed by atoms with E-state index in [0.29, 0.717) is 22.4 Å². The highest BCUT2D eigenvalue weighted by Crippen LogP contribution is 2.43. The van der Waals surface area contributed by atoms with Crippen LogP contribution in [0, 0.1) is 5.82 Å². The summed E-state index contributed by atoms with van der Waals surface area (Å²) in [5.74, 6) is -0.697. The maximum atomic E-state index is 13.4. The molecule has 0 fully saturated rings. The smallest absolute Gasteiger partial charge is 0.271 e. The van der Waals surface area contributed by atoms with Crippen molar-refractivity contribution < 1.29 is 22.7 Å². The van der Waals surface area contributed by atoms with Gasteiger partial charge in [0.25, 0.3) is 5.91 Å². The molecule has 1 atom stereocenters. The maximum absolute atomic E-state index is 13.4. The van der Waals surface area contributed by atoms with Gasteiger partial charge in [-0.1, -0.05) is 30.3 Å². The van der Waals surface area contributed by atoms with Crippen molar-refractivity contribution in [1.82, 2.24) is 14.2 Å². The average Bonchev–Trinajstić information content (AvgIpc) is 3.23. The minimum Gasteiger partial charge on any atom is -0.396 e. The van der Waals surface area contributed by atoms with Gasteiger partial charge in [-0.15, -0.1) is 0 Å². The topological polar surface area (TPSA) is 90.8 Å². The minimum atomic E-state index is -3.58. The summed E-state index contributed by atoms with van der Waals surface area (Å²) in [6, 6.07) is 14.7. The fourth-order valence-electron chi connectivity index (χ4n) is 4.45. The number of carbonyl (C=O) groups is 1. The van der Waals surface area contributed by atoms with Gasteiger partial charge in [0.1, 0.15) is 11.5 Å². The summed E-state index contributed by atoms with van der Waals surface area (Å²) in [4.78, 5) is 19.0. The quantitative estimate of drug-likeness (QED) is 0.536. The monoisotopic (exact) mass is 497 g/mol. The third-order valence-electron chi connectivity index (χ3n) is 6.21. The molecule has 0 aliphatic carbocycles. The lowest BCUT2D eigenvalue weighted by Crippen LogP contribution is -2.31. The molecule has 0 saturated heterocycles. The van der Waals surface area contributed by atoms with Gasteiger partial charge in [0.2, 0.25) is 10.0 Å². The van der Waals surface area contributed by atoms with E-state index in [-0.39, 0.29) is 42.7 Å². The Morgan fingerprint density at radius 3 is 2.43 bits per heavy atom. The van der Waals surface area contributed by atoms with E-state index in [1.165, 1.54) is 21.3 Å². The summed E-state index contributed by atoms with van der Waals surface area (Å²) >= 11 is 0. The molecule has 35 heavy (non-hydrogen) atoms. The van der Waals surface area contributed by atoms with Crippen molar-refractivity contribution in [3.63, 3.8) is 0 Å². The van der Waals surface area contributed by atoms with Gasteiger partial charge in [-0.05, 0) is 54.3 Å². The largest absolute Gasteiger partial charge is 0.396 e. The zero-order chi connectivity index (χ0) is 25.3. The van der Waals surface area contributed by atoms with E-state index < -0.39 is 16.1 Å². The molecule has 0 saturated carbocycles. The molecule has 2 heterocycles. The van der Waals surface area contributed by atoms with Crippen LogP contribution in [0.4, 0.5) is 4.39 Å². The van der Waals surface area contributed by atoms with Crippen LogP contribution in [0.3, 0.4) is 0 Å². The molecular weight excluding hydrogens is 469 g/mol. The second-order valence-corrected chi connectivity index (χ2v) is 10.9. The summed E-state index contributed by atoms with van der Waals surface area (Å²) in [5.41, 5.74) is 4.46. The first-order valence-electron chi connectivity index (χ1n) is 11.4. The van der Waals surface area contributed by atoms with Gasteiger partial charge in [0, 0.05) is 38.4 Å². The lowest BCUT2D eigenvalue weighted by molar-refractivity contribution is 0.0822. The van der Waals surface area contributed by atoms with Gasteiger partial charge >= 0.3 is 0 Å².